The molecular formula is C15H28N2O. The number of piperazine rings is 1. The van der Waals surface area contributed by atoms with Crippen LogP contribution >= 0.6 is 0 Å². The van der Waals surface area contributed by atoms with Crippen LogP contribution in [0, 0.1) is 0 Å². The highest BCUT2D eigenvalue weighted by atomic mass is 16.5. The number of nitrogens with one attached hydrogen (secondary N) is 1. The van der Waals surface area contributed by atoms with E-state index in [4.69, 9.17) is 4.74 Å². The molecule has 2 saturated heterocycles. The van der Waals surface area contributed by atoms with E-state index >= 15 is 0 Å². The van der Waals surface area contributed by atoms with Crippen LogP contribution in [-0.2, 0) is 4.74 Å². The average molecular weight is 252 g/mol. The number of ether oxygens (including phenoxy) is 1. The molecule has 2 heterocycles. The van der Waals surface area contributed by atoms with Crippen molar-refractivity contribution in [1.82, 2.24) is 10.2 Å². The summed E-state index contributed by atoms with van der Waals surface area (Å²) in [5.41, 5.74) is 0.470. The Labute approximate surface area is 111 Å². The normalized spacial score (nSPS) is 33.7. The number of nitrogens with zero attached hydrogens (tertiary/aromatic N) is 1. The number of hydrogen-bond donors (Lipinski definition) is 1. The zero-order valence-electron chi connectivity index (χ0n) is 11.6. The summed E-state index contributed by atoms with van der Waals surface area (Å²) >= 11 is 0. The molecular weight excluding hydrogens is 224 g/mol. The molecule has 1 N–H and O–H groups in total. The van der Waals surface area contributed by atoms with Gasteiger partial charge in [0.25, 0.3) is 0 Å². The Bertz CT molecular complexity index is 249. The summed E-state index contributed by atoms with van der Waals surface area (Å²) in [6.45, 7) is 5.76. The lowest BCUT2D eigenvalue weighted by atomic mass is 9.79. The fourth-order valence-corrected chi connectivity index (χ4v) is 4.07. The third-order valence-corrected chi connectivity index (χ3v) is 5.17. The molecule has 0 aromatic carbocycles. The van der Waals surface area contributed by atoms with E-state index in [1.165, 1.54) is 71.0 Å². The van der Waals surface area contributed by atoms with Crippen molar-refractivity contribution >= 4 is 0 Å². The van der Waals surface area contributed by atoms with Gasteiger partial charge in [0, 0.05) is 38.3 Å². The third-order valence-electron chi connectivity index (χ3n) is 5.17. The number of rotatable bonds is 2. The first-order chi connectivity index (χ1) is 8.89. The van der Waals surface area contributed by atoms with Gasteiger partial charge in [-0.1, -0.05) is 19.3 Å². The molecule has 1 atom stereocenters. The predicted molar refractivity (Wildman–Crippen MR) is 73.8 cm³/mol. The van der Waals surface area contributed by atoms with E-state index in [-0.39, 0.29) is 0 Å². The van der Waals surface area contributed by atoms with Crippen LogP contribution in [0.2, 0.25) is 0 Å². The zero-order chi connectivity index (χ0) is 12.3. The van der Waals surface area contributed by atoms with Crippen LogP contribution in [-0.4, -0.2) is 49.3 Å². The van der Waals surface area contributed by atoms with Gasteiger partial charge in [0.1, 0.15) is 0 Å². The smallest absolute Gasteiger partial charge is 0.0702 e. The molecule has 3 rings (SSSR count). The van der Waals surface area contributed by atoms with Crippen LogP contribution in [0.15, 0.2) is 0 Å². The van der Waals surface area contributed by atoms with Gasteiger partial charge in [0.15, 0.2) is 0 Å². The maximum atomic E-state index is 5.95. The molecule has 3 heteroatoms. The lowest BCUT2D eigenvalue weighted by Crippen LogP contribution is -2.63. The SMILES string of the molecule is C1CCC2(CC1)CNCCN2CC1CCCCO1. The Hall–Kier alpha value is -0.120. The first kappa shape index (κ1) is 12.9. The molecule has 3 aliphatic rings. The van der Waals surface area contributed by atoms with E-state index < -0.39 is 0 Å². The van der Waals surface area contributed by atoms with Crippen molar-refractivity contribution in [3.8, 4) is 0 Å². The predicted octanol–water partition coefficient (Wildman–Crippen LogP) is 2.16. The van der Waals surface area contributed by atoms with Crippen molar-refractivity contribution in [2.45, 2.75) is 63.0 Å². The second-order valence-electron chi connectivity index (χ2n) is 6.40. The van der Waals surface area contributed by atoms with Gasteiger partial charge in [0.2, 0.25) is 0 Å². The second-order valence-corrected chi connectivity index (χ2v) is 6.40. The standard InChI is InChI=1S/C15H28N2O/c1-3-7-15(8-4-1)13-16-9-10-17(15)12-14-6-2-5-11-18-14/h14,16H,1-13H2. The second kappa shape index (κ2) is 5.89. The summed E-state index contributed by atoms with van der Waals surface area (Å²) < 4.78 is 5.95. The largest absolute Gasteiger partial charge is 0.377 e. The van der Waals surface area contributed by atoms with Gasteiger partial charge < -0.3 is 10.1 Å². The minimum absolute atomic E-state index is 0.470. The van der Waals surface area contributed by atoms with Gasteiger partial charge in [-0.05, 0) is 32.1 Å². The summed E-state index contributed by atoms with van der Waals surface area (Å²) in [6.07, 6.45) is 11.5. The highest BCUT2D eigenvalue weighted by Gasteiger charge is 2.40. The highest BCUT2D eigenvalue weighted by Crippen LogP contribution is 2.35. The summed E-state index contributed by atoms with van der Waals surface area (Å²) in [6, 6.07) is 0. The van der Waals surface area contributed by atoms with Crippen LogP contribution < -0.4 is 5.32 Å². The van der Waals surface area contributed by atoms with Crippen molar-refractivity contribution in [3.63, 3.8) is 0 Å². The maximum Gasteiger partial charge on any atom is 0.0702 e. The van der Waals surface area contributed by atoms with Crippen LogP contribution in [0.1, 0.15) is 51.4 Å². The Balaban J connectivity index is 1.63. The number of hydrogen-bond acceptors (Lipinski definition) is 3. The molecule has 1 aliphatic carbocycles. The molecule has 1 unspecified atom stereocenters. The van der Waals surface area contributed by atoms with Crippen molar-refractivity contribution < 1.29 is 4.74 Å². The highest BCUT2D eigenvalue weighted by molar-refractivity contribution is 4.98. The molecule has 0 aromatic rings. The van der Waals surface area contributed by atoms with Crippen molar-refractivity contribution in [1.29, 1.82) is 0 Å². The Morgan fingerprint density at radius 3 is 2.78 bits per heavy atom. The minimum atomic E-state index is 0.470. The summed E-state index contributed by atoms with van der Waals surface area (Å²) in [4.78, 5) is 2.78. The van der Waals surface area contributed by atoms with Gasteiger partial charge >= 0.3 is 0 Å². The Kier molecular flexibility index (Phi) is 4.22. The summed E-state index contributed by atoms with van der Waals surface area (Å²) in [5.74, 6) is 0. The van der Waals surface area contributed by atoms with E-state index in [9.17, 15) is 0 Å². The monoisotopic (exact) mass is 252 g/mol. The van der Waals surface area contributed by atoms with Gasteiger partial charge in [-0.3, -0.25) is 4.90 Å². The molecule has 1 spiro atoms. The third kappa shape index (κ3) is 2.73. The fourth-order valence-electron chi connectivity index (χ4n) is 4.07. The first-order valence-corrected chi connectivity index (χ1v) is 7.96. The Morgan fingerprint density at radius 2 is 2.00 bits per heavy atom. The van der Waals surface area contributed by atoms with Crippen LogP contribution in [0.4, 0.5) is 0 Å². The van der Waals surface area contributed by atoms with Crippen LogP contribution in [0.25, 0.3) is 0 Å². The quantitative estimate of drug-likeness (QED) is 0.815. The van der Waals surface area contributed by atoms with Crippen molar-refractivity contribution in [2.24, 2.45) is 0 Å². The average Bonchev–Trinajstić information content (AvgIpc) is 2.44. The molecule has 2 aliphatic heterocycles. The fraction of sp³-hybridized carbons (Fsp3) is 1.00. The van der Waals surface area contributed by atoms with E-state index in [0.717, 1.165) is 13.2 Å². The van der Waals surface area contributed by atoms with Crippen molar-refractivity contribution in [3.05, 3.63) is 0 Å². The first-order valence-electron chi connectivity index (χ1n) is 7.96. The summed E-state index contributed by atoms with van der Waals surface area (Å²) in [7, 11) is 0. The van der Waals surface area contributed by atoms with E-state index in [1.807, 2.05) is 0 Å². The van der Waals surface area contributed by atoms with E-state index in [2.05, 4.69) is 10.2 Å². The summed E-state index contributed by atoms with van der Waals surface area (Å²) in [5, 5.41) is 3.63. The van der Waals surface area contributed by atoms with Gasteiger partial charge in [-0.15, -0.1) is 0 Å². The van der Waals surface area contributed by atoms with Gasteiger partial charge in [-0.2, -0.15) is 0 Å². The lowest BCUT2D eigenvalue weighted by Gasteiger charge is -2.51. The molecule has 3 nitrogen and oxygen atoms in total. The Morgan fingerprint density at radius 1 is 1.11 bits per heavy atom. The molecule has 18 heavy (non-hydrogen) atoms. The van der Waals surface area contributed by atoms with E-state index in [1.54, 1.807) is 0 Å². The lowest BCUT2D eigenvalue weighted by molar-refractivity contribution is -0.0493. The van der Waals surface area contributed by atoms with Crippen molar-refractivity contribution in [2.75, 3.05) is 32.8 Å². The maximum absolute atomic E-state index is 5.95. The molecule has 0 aromatic heterocycles. The molecule has 3 fully saturated rings. The molecule has 0 amide bonds. The molecule has 104 valence electrons. The van der Waals surface area contributed by atoms with Crippen LogP contribution in [0.3, 0.4) is 0 Å². The molecule has 0 bridgehead atoms. The topological polar surface area (TPSA) is 24.5 Å². The van der Waals surface area contributed by atoms with Gasteiger partial charge in [-0.25, -0.2) is 0 Å². The molecule has 0 radical (unpaired) electrons. The zero-order valence-corrected chi connectivity index (χ0v) is 11.6. The van der Waals surface area contributed by atoms with Gasteiger partial charge in [0.05, 0.1) is 6.10 Å². The van der Waals surface area contributed by atoms with Crippen LogP contribution in [0.5, 0.6) is 0 Å². The molecule has 1 saturated carbocycles. The minimum Gasteiger partial charge on any atom is -0.377 e. The van der Waals surface area contributed by atoms with E-state index in [0.29, 0.717) is 11.6 Å².